The molecule has 32 heavy (non-hydrogen) atoms. The van der Waals surface area contributed by atoms with Crippen LogP contribution in [0.2, 0.25) is 0 Å². The number of nitrogens with zero attached hydrogens (tertiary/aromatic N) is 4. The van der Waals surface area contributed by atoms with E-state index < -0.39 is 5.60 Å². The van der Waals surface area contributed by atoms with Gasteiger partial charge in [0, 0.05) is 31.4 Å². The van der Waals surface area contributed by atoms with Crippen molar-refractivity contribution in [3.05, 3.63) is 48.3 Å². The molecule has 2 aromatic heterocycles. The van der Waals surface area contributed by atoms with E-state index in [0.717, 1.165) is 36.1 Å². The summed E-state index contributed by atoms with van der Waals surface area (Å²) >= 11 is 0. The van der Waals surface area contributed by atoms with Crippen molar-refractivity contribution >= 4 is 16.9 Å². The average Bonchev–Trinajstić information content (AvgIpc) is 2.81. The highest BCUT2D eigenvalue weighted by Gasteiger charge is 2.36. The number of pyridine rings is 1. The number of carbonyl (C=O) groups excluding carboxylic acids is 1. The molecule has 8 nitrogen and oxygen atoms in total. The maximum Gasteiger partial charge on any atom is 0.242 e. The maximum absolute atomic E-state index is 11.7. The number of hydrogen-bond donors (Lipinski definition) is 1. The minimum Gasteiger partial charge on any atom is -0.473 e. The van der Waals surface area contributed by atoms with Crippen molar-refractivity contribution in [3.8, 4) is 17.1 Å². The second-order valence-corrected chi connectivity index (χ2v) is 8.47. The molecular weight excluding hydrogens is 408 g/mol. The molecular formula is C24H26N4O4. The van der Waals surface area contributed by atoms with E-state index >= 15 is 0 Å². The number of hydrogen-bond acceptors (Lipinski definition) is 7. The molecule has 0 bridgehead atoms. The molecule has 1 saturated carbocycles. The van der Waals surface area contributed by atoms with Crippen LogP contribution in [0.5, 0.6) is 5.88 Å². The van der Waals surface area contributed by atoms with Gasteiger partial charge in [-0.2, -0.15) is 0 Å². The molecule has 2 fully saturated rings. The minimum absolute atomic E-state index is 0.0322. The number of aliphatic hydroxyl groups is 1. The largest absolute Gasteiger partial charge is 0.473 e. The van der Waals surface area contributed by atoms with Crippen molar-refractivity contribution in [2.75, 3.05) is 26.3 Å². The second kappa shape index (κ2) is 8.44. The van der Waals surface area contributed by atoms with Gasteiger partial charge in [0.2, 0.25) is 11.8 Å². The second-order valence-electron chi connectivity index (χ2n) is 8.47. The van der Waals surface area contributed by atoms with E-state index in [-0.39, 0.29) is 18.6 Å². The van der Waals surface area contributed by atoms with Crippen LogP contribution in [0.3, 0.4) is 0 Å². The Kier molecular flexibility index (Phi) is 5.48. The van der Waals surface area contributed by atoms with E-state index in [0.29, 0.717) is 36.6 Å². The smallest absolute Gasteiger partial charge is 0.242 e. The lowest BCUT2D eigenvalue weighted by Gasteiger charge is -2.37. The molecule has 1 unspecified atom stereocenters. The van der Waals surface area contributed by atoms with Gasteiger partial charge in [0.15, 0.2) is 5.52 Å². The van der Waals surface area contributed by atoms with E-state index in [2.05, 4.69) is 9.97 Å². The molecule has 1 amide bonds. The predicted molar refractivity (Wildman–Crippen MR) is 118 cm³/mol. The SMILES string of the molecule is CC(=O)N1CCOC(COc2nc(-c3ccc(C4(O)CCC4)cc3)cc3nccnc23)C1. The van der Waals surface area contributed by atoms with Crippen LogP contribution in [-0.4, -0.2) is 63.3 Å². The van der Waals surface area contributed by atoms with Crippen LogP contribution in [0.25, 0.3) is 22.3 Å². The van der Waals surface area contributed by atoms with E-state index in [9.17, 15) is 9.90 Å². The molecule has 0 radical (unpaired) electrons. The quantitative estimate of drug-likeness (QED) is 0.659. The first-order valence-electron chi connectivity index (χ1n) is 11.0. The van der Waals surface area contributed by atoms with Gasteiger partial charge in [0.05, 0.1) is 30.0 Å². The lowest BCUT2D eigenvalue weighted by Crippen LogP contribution is -2.46. The Hall–Kier alpha value is -3.10. The van der Waals surface area contributed by atoms with Gasteiger partial charge >= 0.3 is 0 Å². The van der Waals surface area contributed by atoms with Crippen LogP contribution in [0, 0.1) is 0 Å². The van der Waals surface area contributed by atoms with Crippen LogP contribution >= 0.6 is 0 Å². The number of aromatic nitrogens is 3. The highest BCUT2D eigenvalue weighted by Crippen LogP contribution is 2.41. The highest BCUT2D eigenvalue weighted by molar-refractivity contribution is 5.83. The fourth-order valence-electron chi connectivity index (χ4n) is 4.22. The summed E-state index contributed by atoms with van der Waals surface area (Å²) in [5, 5.41) is 10.6. The molecule has 1 saturated heterocycles. The number of carbonyl (C=O) groups is 1. The Morgan fingerprint density at radius 1 is 1.25 bits per heavy atom. The third-order valence-corrected chi connectivity index (χ3v) is 6.31. The summed E-state index contributed by atoms with van der Waals surface area (Å²) in [6.07, 6.45) is 5.68. The fraction of sp³-hybridized carbons (Fsp3) is 0.417. The Balaban J connectivity index is 1.40. The monoisotopic (exact) mass is 434 g/mol. The lowest BCUT2D eigenvalue weighted by atomic mass is 9.75. The van der Waals surface area contributed by atoms with E-state index in [1.165, 1.54) is 0 Å². The molecule has 1 atom stereocenters. The number of benzene rings is 1. The van der Waals surface area contributed by atoms with Gasteiger partial charge in [-0.1, -0.05) is 24.3 Å². The van der Waals surface area contributed by atoms with Crippen molar-refractivity contribution in [2.24, 2.45) is 0 Å². The molecule has 1 aliphatic carbocycles. The Morgan fingerprint density at radius 3 is 2.75 bits per heavy atom. The van der Waals surface area contributed by atoms with Crippen LogP contribution in [0.4, 0.5) is 0 Å². The molecule has 2 aliphatic rings. The standard InChI is InChI=1S/C24H26N4O4/c1-16(29)28-11-12-31-19(14-28)15-32-23-22-21(25-9-10-26-22)13-20(27-23)17-3-5-18(6-4-17)24(30)7-2-8-24/h3-6,9-10,13,19,30H,2,7-8,11-12,14-15H2,1H3. The summed E-state index contributed by atoms with van der Waals surface area (Å²) in [4.78, 5) is 27.0. The topological polar surface area (TPSA) is 97.7 Å². The fourth-order valence-corrected chi connectivity index (χ4v) is 4.22. The number of ether oxygens (including phenoxy) is 2. The zero-order chi connectivity index (χ0) is 22.1. The first kappa shape index (κ1) is 20.8. The summed E-state index contributed by atoms with van der Waals surface area (Å²) in [7, 11) is 0. The first-order chi connectivity index (χ1) is 15.5. The van der Waals surface area contributed by atoms with Gasteiger partial charge in [0.1, 0.15) is 12.7 Å². The van der Waals surface area contributed by atoms with Crippen LogP contribution in [-0.2, 0) is 15.1 Å². The zero-order valence-corrected chi connectivity index (χ0v) is 18.0. The molecule has 8 heteroatoms. The van der Waals surface area contributed by atoms with Crippen molar-refractivity contribution in [1.29, 1.82) is 0 Å². The first-order valence-corrected chi connectivity index (χ1v) is 11.0. The molecule has 1 aliphatic heterocycles. The normalized spacial score (nSPS) is 20.1. The van der Waals surface area contributed by atoms with Crippen LogP contribution in [0.15, 0.2) is 42.7 Å². The van der Waals surface area contributed by atoms with Gasteiger partial charge in [-0.25, -0.2) is 9.97 Å². The van der Waals surface area contributed by atoms with Crippen molar-refractivity contribution < 1.29 is 19.4 Å². The summed E-state index contributed by atoms with van der Waals surface area (Å²) in [6.45, 7) is 3.40. The number of rotatable bonds is 5. The van der Waals surface area contributed by atoms with Crippen molar-refractivity contribution in [2.45, 2.75) is 37.9 Å². The van der Waals surface area contributed by atoms with E-state index in [1.807, 2.05) is 30.3 Å². The molecule has 1 aromatic carbocycles. The summed E-state index contributed by atoms with van der Waals surface area (Å²) in [5.74, 6) is 0.417. The highest BCUT2D eigenvalue weighted by atomic mass is 16.5. The molecule has 166 valence electrons. The zero-order valence-electron chi connectivity index (χ0n) is 18.0. The summed E-state index contributed by atoms with van der Waals surface area (Å²) in [6, 6.07) is 9.74. The average molecular weight is 434 g/mol. The summed E-state index contributed by atoms with van der Waals surface area (Å²) in [5.41, 5.74) is 3.14. The third-order valence-electron chi connectivity index (χ3n) is 6.31. The summed E-state index contributed by atoms with van der Waals surface area (Å²) < 4.78 is 11.8. The number of morpholine rings is 1. The Morgan fingerprint density at radius 2 is 2.03 bits per heavy atom. The number of amides is 1. The van der Waals surface area contributed by atoms with Gasteiger partial charge in [-0.15, -0.1) is 0 Å². The van der Waals surface area contributed by atoms with E-state index in [4.69, 9.17) is 14.5 Å². The molecule has 3 heterocycles. The van der Waals surface area contributed by atoms with E-state index in [1.54, 1.807) is 24.2 Å². The van der Waals surface area contributed by atoms with Crippen molar-refractivity contribution in [3.63, 3.8) is 0 Å². The Bertz CT molecular complexity index is 1130. The molecule has 0 spiro atoms. The Labute approximate surface area is 186 Å². The lowest BCUT2D eigenvalue weighted by molar-refractivity contribution is -0.137. The molecule has 5 rings (SSSR count). The van der Waals surface area contributed by atoms with Gasteiger partial charge < -0.3 is 19.5 Å². The van der Waals surface area contributed by atoms with Crippen LogP contribution in [0.1, 0.15) is 31.7 Å². The van der Waals surface area contributed by atoms with Gasteiger partial charge in [0.25, 0.3) is 0 Å². The predicted octanol–water partition coefficient (Wildman–Crippen LogP) is 2.69. The number of fused-ring (bicyclic) bond motifs is 1. The third kappa shape index (κ3) is 4.03. The van der Waals surface area contributed by atoms with Crippen LogP contribution < -0.4 is 4.74 Å². The molecule has 3 aromatic rings. The molecule has 1 N–H and O–H groups in total. The minimum atomic E-state index is -0.692. The maximum atomic E-state index is 11.7. The van der Waals surface area contributed by atoms with Gasteiger partial charge in [-0.3, -0.25) is 9.78 Å². The van der Waals surface area contributed by atoms with Crippen molar-refractivity contribution in [1.82, 2.24) is 19.9 Å². The van der Waals surface area contributed by atoms with Gasteiger partial charge in [-0.05, 0) is 30.9 Å².